The van der Waals surface area contributed by atoms with Crippen molar-refractivity contribution in [3.8, 4) is 0 Å². The molecule has 3 aromatic heterocycles. The van der Waals surface area contributed by atoms with Crippen LogP contribution < -0.4 is 11.1 Å². The van der Waals surface area contributed by atoms with Gasteiger partial charge in [-0.2, -0.15) is 5.10 Å². The maximum atomic E-state index is 12.7. The first-order valence-electron chi connectivity index (χ1n) is 9.52. The molecule has 1 fully saturated rings. The van der Waals surface area contributed by atoms with Gasteiger partial charge in [-0.15, -0.1) is 11.3 Å². The number of rotatable bonds is 4. The van der Waals surface area contributed by atoms with Gasteiger partial charge in [-0.3, -0.25) is 24.0 Å². The molecule has 0 radical (unpaired) electrons. The van der Waals surface area contributed by atoms with E-state index < -0.39 is 11.1 Å². The molecule has 2 aliphatic heterocycles. The summed E-state index contributed by atoms with van der Waals surface area (Å²) < 4.78 is 2.90. The van der Waals surface area contributed by atoms with E-state index in [1.165, 1.54) is 9.56 Å². The van der Waals surface area contributed by atoms with Gasteiger partial charge in [0.2, 0.25) is 0 Å². The average Bonchev–Trinajstić information content (AvgIpc) is 3.44. The maximum absolute atomic E-state index is 12.7. The molecule has 7 nitrogen and oxygen atoms in total. The monoisotopic (exact) mass is 395 g/mol. The Morgan fingerprint density at radius 1 is 1.04 bits per heavy atom. The van der Waals surface area contributed by atoms with E-state index in [0.717, 1.165) is 44.0 Å². The highest BCUT2D eigenvalue weighted by Gasteiger charge is 2.47. The summed E-state index contributed by atoms with van der Waals surface area (Å²) in [6.45, 7) is 3.58. The van der Waals surface area contributed by atoms with Crippen molar-refractivity contribution in [2.45, 2.75) is 37.9 Å². The third-order valence-electron chi connectivity index (χ3n) is 5.85. The number of nitrogens with zero attached hydrogens (tertiary/aromatic N) is 5. The Bertz CT molecular complexity index is 1110. The predicted molar refractivity (Wildman–Crippen MR) is 107 cm³/mol. The van der Waals surface area contributed by atoms with Gasteiger partial charge in [0, 0.05) is 36.1 Å². The minimum absolute atomic E-state index is 0.143. The van der Waals surface area contributed by atoms with Gasteiger partial charge in [-0.25, -0.2) is 4.68 Å². The van der Waals surface area contributed by atoms with Crippen LogP contribution in [0.4, 0.5) is 0 Å². The summed E-state index contributed by atoms with van der Waals surface area (Å²) in [6.07, 6.45) is 3.51. The van der Waals surface area contributed by atoms with Gasteiger partial charge in [-0.1, -0.05) is 12.1 Å². The topological polar surface area (TPSA) is 73.0 Å². The summed E-state index contributed by atoms with van der Waals surface area (Å²) in [5.74, 6) is 0.765. The number of pyridine rings is 1. The first-order valence-corrected chi connectivity index (χ1v) is 10.4. The van der Waals surface area contributed by atoms with E-state index in [1.807, 2.05) is 18.2 Å². The lowest BCUT2D eigenvalue weighted by Gasteiger charge is -2.23. The van der Waals surface area contributed by atoms with Crippen LogP contribution in [0.25, 0.3) is 0 Å². The molecule has 1 saturated heterocycles. The van der Waals surface area contributed by atoms with Gasteiger partial charge >= 0.3 is 11.1 Å². The van der Waals surface area contributed by atoms with Crippen LogP contribution in [0.15, 0.2) is 51.5 Å². The van der Waals surface area contributed by atoms with Gasteiger partial charge in [0.15, 0.2) is 0 Å². The highest BCUT2D eigenvalue weighted by molar-refractivity contribution is 7.09. The summed E-state index contributed by atoms with van der Waals surface area (Å²) >= 11 is 1.77. The van der Waals surface area contributed by atoms with E-state index >= 15 is 0 Å². The molecule has 5 rings (SSSR count). The Kier molecular flexibility index (Phi) is 4.25. The van der Waals surface area contributed by atoms with Crippen LogP contribution in [0.1, 0.15) is 29.2 Å². The highest BCUT2D eigenvalue weighted by atomic mass is 32.1. The number of thiophene rings is 1. The van der Waals surface area contributed by atoms with Gasteiger partial charge < -0.3 is 0 Å². The third-order valence-corrected chi connectivity index (χ3v) is 6.71. The molecule has 0 aromatic carbocycles. The van der Waals surface area contributed by atoms with Crippen molar-refractivity contribution in [3.05, 3.63) is 79.0 Å². The molecule has 3 aromatic rings. The van der Waals surface area contributed by atoms with E-state index in [-0.39, 0.29) is 12.0 Å². The number of aromatic nitrogens is 4. The lowest BCUT2D eigenvalue weighted by Crippen LogP contribution is -2.45. The molecule has 0 bridgehead atoms. The van der Waals surface area contributed by atoms with Gasteiger partial charge in [0.25, 0.3) is 0 Å². The van der Waals surface area contributed by atoms with Crippen LogP contribution in [-0.4, -0.2) is 37.3 Å². The smallest absolute Gasteiger partial charge is 0.297 e. The minimum Gasteiger partial charge on any atom is -0.297 e. The average molecular weight is 395 g/mol. The molecular formula is C20H21N5O2S. The van der Waals surface area contributed by atoms with E-state index in [1.54, 1.807) is 22.1 Å². The Morgan fingerprint density at radius 2 is 1.93 bits per heavy atom. The molecule has 1 spiro atoms. The lowest BCUT2D eigenvalue weighted by molar-refractivity contribution is 0.300. The molecule has 0 N–H and O–H groups in total. The summed E-state index contributed by atoms with van der Waals surface area (Å²) in [5.41, 5.74) is -0.454. The molecule has 28 heavy (non-hydrogen) atoms. The zero-order chi connectivity index (χ0) is 19.1. The zero-order valence-electron chi connectivity index (χ0n) is 15.5. The van der Waals surface area contributed by atoms with Crippen molar-refractivity contribution in [2.75, 3.05) is 13.1 Å². The summed E-state index contributed by atoms with van der Waals surface area (Å²) in [6, 6.07) is 9.77. The molecule has 2 aliphatic rings. The van der Waals surface area contributed by atoms with Crippen LogP contribution in [0.3, 0.4) is 0 Å². The van der Waals surface area contributed by atoms with Gasteiger partial charge in [0.1, 0.15) is 5.82 Å². The van der Waals surface area contributed by atoms with Crippen molar-refractivity contribution >= 4 is 11.3 Å². The van der Waals surface area contributed by atoms with Gasteiger partial charge in [-0.05, 0) is 43.0 Å². The number of fused-ring (bicyclic) bond motifs is 2. The molecule has 144 valence electrons. The molecule has 0 saturated carbocycles. The van der Waals surface area contributed by atoms with E-state index in [4.69, 9.17) is 0 Å². The van der Waals surface area contributed by atoms with Crippen molar-refractivity contribution < 1.29 is 0 Å². The summed E-state index contributed by atoms with van der Waals surface area (Å²) in [4.78, 5) is 33.3. The van der Waals surface area contributed by atoms with E-state index in [0.29, 0.717) is 6.54 Å². The third kappa shape index (κ3) is 2.93. The van der Waals surface area contributed by atoms with Crippen molar-refractivity contribution in [1.29, 1.82) is 0 Å². The molecule has 0 amide bonds. The summed E-state index contributed by atoms with van der Waals surface area (Å²) in [5, 5.41) is 6.78. The van der Waals surface area contributed by atoms with Crippen LogP contribution in [0.5, 0.6) is 0 Å². The molecule has 5 heterocycles. The molecular weight excluding hydrogens is 374 g/mol. The Hall–Kier alpha value is -2.58. The molecule has 1 atom stereocenters. The van der Waals surface area contributed by atoms with E-state index in [2.05, 4.69) is 32.5 Å². The fourth-order valence-electron chi connectivity index (χ4n) is 4.43. The minimum atomic E-state index is -0.570. The van der Waals surface area contributed by atoms with Crippen LogP contribution in [0.2, 0.25) is 0 Å². The fraction of sp³-hybridized carbons (Fsp3) is 0.400. The summed E-state index contributed by atoms with van der Waals surface area (Å²) in [7, 11) is 0. The lowest BCUT2D eigenvalue weighted by atomic mass is 9.85. The standard InChI is InChI=1S/C20H21N5O2S/c26-17-18(27)25(12-15-4-1-2-8-21-15)22-19-20(7-10-24(17)19)6-9-23(14-20)13-16-5-3-11-28-16/h1-5,8,11H,6-7,9-10,12-14H2. The number of likely N-dealkylation sites (tertiary alicyclic amines) is 1. The first-order chi connectivity index (χ1) is 13.6. The highest BCUT2D eigenvalue weighted by Crippen LogP contribution is 2.40. The van der Waals surface area contributed by atoms with E-state index in [9.17, 15) is 9.59 Å². The second kappa shape index (κ2) is 6.79. The fourth-order valence-corrected chi connectivity index (χ4v) is 5.17. The van der Waals surface area contributed by atoms with Crippen molar-refractivity contribution in [3.63, 3.8) is 0 Å². The molecule has 8 heteroatoms. The number of hydrogen-bond acceptors (Lipinski definition) is 6. The van der Waals surface area contributed by atoms with Crippen LogP contribution in [0, 0.1) is 0 Å². The largest absolute Gasteiger partial charge is 0.332 e. The van der Waals surface area contributed by atoms with Crippen LogP contribution in [-0.2, 0) is 25.0 Å². The second-order valence-corrected chi connectivity index (χ2v) is 8.67. The maximum Gasteiger partial charge on any atom is 0.332 e. The van der Waals surface area contributed by atoms with Gasteiger partial charge in [0.05, 0.1) is 12.2 Å². The quantitative estimate of drug-likeness (QED) is 0.626. The molecule has 1 unspecified atom stereocenters. The van der Waals surface area contributed by atoms with Crippen LogP contribution >= 0.6 is 11.3 Å². The molecule has 0 aliphatic carbocycles. The SMILES string of the molecule is O=c1c(=O)n2c(nn1Cc1ccccn1)C1(CCN(Cc3cccs3)C1)CC2. The second-order valence-electron chi connectivity index (χ2n) is 7.63. The predicted octanol–water partition coefficient (Wildman–Crippen LogP) is 1.46. The number of hydrogen-bond donors (Lipinski definition) is 0. The Balaban J connectivity index is 1.48. The normalized spacial score (nSPS) is 21.4. The van der Waals surface area contributed by atoms with Crippen molar-refractivity contribution in [2.24, 2.45) is 0 Å². The first kappa shape index (κ1) is 17.5. The van der Waals surface area contributed by atoms with Crippen molar-refractivity contribution in [1.82, 2.24) is 24.2 Å². The zero-order valence-corrected chi connectivity index (χ0v) is 16.3. The Labute approximate surface area is 165 Å². The Morgan fingerprint density at radius 3 is 2.71 bits per heavy atom.